The van der Waals surface area contributed by atoms with Gasteiger partial charge in [0.1, 0.15) is 5.78 Å². The zero-order chi connectivity index (χ0) is 14.4. The van der Waals surface area contributed by atoms with Crippen molar-refractivity contribution in [2.24, 2.45) is 0 Å². The van der Waals surface area contributed by atoms with E-state index in [1.54, 1.807) is 12.1 Å². The predicted octanol–water partition coefficient (Wildman–Crippen LogP) is 3.55. The smallest absolute Gasteiger partial charge is 0.135 e. The Morgan fingerprint density at radius 1 is 1.21 bits per heavy atom. The van der Waals surface area contributed by atoms with E-state index in [0.717, 1.165) is 17.0 Å². The number of Topliss-reactive ketones (excluding diaryl/α,β-unsaturated/α-hetero) is 1. The van der Waals surface area contributed by atoms with Crippen molar-refractivity contribution in [1.29, 1.82) is 5.41 Å². The Balaban J connectivity index is 2.62. The van der Waals surface area contributed by atoms with Crippen LogP contribution in [0, 0.1) is 5.41 Å². The van der Waals surface area contributed by atoms with E-state index in [2.05, 4.69) is 10.9 Å². The van der Waals surface area contributed by atoms with Gasteiger partial charge in [-0.2, -0.15) is 0 Å². The van der Waals surface area contributed by atoms with Gasteiger partial charge in [-0.15, -0.1) is 0 Å². The number of ketones is 1. The molecule has 5 heteroatoms. The number of carbonyl (C=O) groups excluding carboxylic acids is 1. The highest BCUT2D eigenvalue weighted by Gasteiger charge is 2.06. The second kappa shape index (κ2) is 6.95. The third-order valence-corrected chi connectivity index (χ3v) is 2.93. The fourth-order valence-electron chi connectivity index (χ4n) is 1.40. The summed E-state index contributed by atoms with van der Waals surface area (Å²) < 4.78 is 0. The average molecular weight is 280 g/mol. The molecule has 0 atom stereocenters. The quantitative estimate of drug-likeness (QED) is 0.551. The van der Waals surface area contributed by atoms with Crippen molar-refractivity contribution in [1.82, 2.24) is 5.43 Å². The molecular weight excluding hydrogens is 262 g/mol. The molecule has 0 amide bonds. The number of hydrogen-bond acceptors (Lipinski definition) is 4. The van der Waals surface area contributed by atoms with E-state index >= 15 is 0 Å². The highest BCUT2D eigenvalue weighted by Crippen LogP contribution is 2.13. The molecule has 0 aromatic heterocycles. The number of rotatable bonds is 6. The van der Waals surface area contributed by atoms with E-state index in [1.165, 1.54) is 6.92 Å². The number of nitrogens with one attached hydrogen (secondary N) is 3. The van der Waals surface area contributed by atoms with Gasteiger partial charge in [-0.3, -0.25) is 4.79 Å². The van der Waals surface area contributed by atoms with Crippen LogP contribution < -0.4 is 10.9 Å². The van der Waals surface area contributed by atoms with Crippen LogP contribution in [0.2, 0.25) is 5.02 Å². The average Bonchev–Trinajstić information content (AvgIpc) is 2.36. The van der Waals surface area contributed by atoms with Gasteiger partial charge in [-0.25, -0.2) is 0 Å². The van der Waals surface area contributed by atoms with Crippen molar-refractivity contribution in [2.75, 3.05) is 5.43 Å². The van der Waals surface area contributed by atoms with E-state index in [0.29, 0.717) is 10.7 Å². The first-order valence-corrected chi connectivity index (χ1v) is 6.30. The number of hydrogen-bond donors (Lipinski definition) is 3. The summed E-state index contributed by atoms with van der Waals surface area (Å²) in [5.74, 6) is -0.0113. The molecule has 3 N–H and O–H groups in total. The van der Waals surface area contributed by atoms with Crippen LogP contribution in [0.3, 0.4) is 0 Å². The zero-order valence-corrected chi connectivity index (χ0v) is 12.1. The first-order valence-electron chi connectivity index (χ1n) is 5.92. The van der Waals surface area contributed by atoms with Gasteiger partial charge in [0.05, 0.1) is 5.69 Å². The van der Waals surface area contributed by atoms with Crippen LogP contribution in [0.1, 0.15) is 27.2 Å². The van der Waals surface area contributed by atoms with Crippen molar-refractivity contribution in [3.8, 4) is 0 Å². The third-order valence-electron chi connectivity index (χ3n) is 2.68. The second-order valence-electron chi connectivity index (χ2n) is 4.36. The lowest BCUT2D eigenvalue weighted by Gasteiger charge is -2.13. The van der Waals surface area contributed by atoms with Crippen molar-refractivity contribution in [3.05, 3.63) is 40.6 Å². The molecule has 19 heavy (non-hydrogen) atoms. The maximum Gasteiger partial charge on any atom is 0.135 e. The van der Waals surface area contributed by atoms with Crippen LogP contribution >= 0.6 is 11.6 Å². The van der Waals surface area contributed by atoms with E-state index in [1.807, 2.05) is 26.0 Å². The Bertz CT molecular complexity index is 506. The van der Waals surface area contributed by atoms with Gasteiger partial charge >= 0.3 is 0 Å². The monoisotopic (exact) mass is 279 g/mol. The normalized spacial score (nSPS) is 11.6. The molecule has 0 bridgehead atoms. The number of allylic oxidation sites excluding steroid dienone is 2. The Hall–Kier alpha value is -1.81. The minimum Gasteiger partial charge on any atom is -0.305 e. The van der Waals surface area contributed by atoms with E-state index in [-0.39, 0.29) is 12.2 Å². The van der Waals surface area contributed by atoms with Gasteiger partial charge in [0.15, 0.2) is 0 Å². The minimum atomic E-state index is -0.0113. The largest absolute Gasteiger partial charge is 0.305 e. The lowest BCUT2D eigenvalue weighted by molar-refractivity contribution is -0.115. The maximum atomic E-state index is 11.0. The predicted molar refractivity (Wildman–Crippen MR) is 79.6 cm³/mol. The molecule has 0 saturated heterocycles. The lowest BCUT2D eigenvalue weighted by Crippen LogP contribution is -2.22. The lowest BCUT2D eigenvalue weighted by atomic mass is 10.1. The molecule has 0 radical (unpaired) electrons. The molecule has 0 heterocycles. The fourth-order valence-corrected chi connectivity index (χ4v) is 1.53. The van der Waals surface area contributed by atoms with Crippen molar-refractivity contribution in [2.45, 2.75) is 27.2 Å². The summed E-state index contributed by atoms with van der Waals surface area (Å²) in [6.45, 7) is 5.15. The molecule has 0 aliphatic rings. The second-order valence-corrected chi connectivity index (χ2v) is 4.80. The Kier molecular flexibility index (Phi) is 5.57. The standard InChI is InChI=1S/C14H18ClN3O/c1-9(19)8-14(16)10(2)11(3)17-18-13-6-4-12(15)5-7-13/h4-7,16-18H,8H2,1-3H3. The molecule has 102 valence electrons. The van der Waals surface area contributed by atoms with Gasteiger partial charge in [-0.1, -0.05) is 11.6 Å². The number of hydrazine groups is 1. The van der Waals surface area contributed by atoms with Crippen LogP contribution in [0.4, 0.5) is 5.69 Å². The number of halogens is 1. The number of benzene rings is 1. The number of carbonyl (C=O) groups is 1. The van der Waals surface area contributed by atoms with Gasteiger partial charge in [0.2, 0.25) is 0 Å². The number of anilines is 1. The molecule has 1 aromatic carbocycles. The molecule has 1 rings (SSSR count). The summed E-state index contributed by atoms with van der Waals surface area (Å²) in [6, 6.07) is 7.27. The summed E-state index contributed by atoms with van der Waals surface area (Å²) in [4.78, 5) is 11.0. The van der Waals surface area contributed by atoms with Crippen LogP contribution in [0.15, 0.2) is 35.5 Å². The van der Waals surface area contributed by atoms with Crippen LogP contribution in [0.25, 0.3) is 0 Å². The fraction of sp³-hybridized carbons (Fsp3) is 0.286. The molecule has 1 aromatic rings. The van der Waals surface area contributed by atoms with E-state index < -0.39 is 0 Å². The highest BCUT2D eigenvalue weighted by atomic mass is 35.5. The van der Waals surface area contributed by atoms with Crippen molar-refractivity contribution in [3.63, 3.8) is 0 Å². The van der Waals surface area contributed by atoms with Gasteiger partial charge in [0, 0.05) is 22.9 Å². The van der Waals surface area contributed by atoms with Crippen LogP contribution in [-0.4, -0.2) is 11.5 Å². The van der Waals surface area contributed by atoms with Gasteiger partial charge in [-0.05, 0) is 50.6 Å². The summed E-state index contributed by atoms with van der Waals surface area (Å²) >= 11 is 5.80. The molecule has 0 aliphatic heterocycles. The summed E-state index contributed by atoms with van der Waals surface area (Å²) in [7, 11) is 0. The maximum absolute atomic E-state index is 11.0. The summed E-state index contributed by atoms with van der Waals surface area (Å²) in [5, 5.41) is 8.48. The van der Waals surface area contributed by atoms with Crippen molar-refractivity contribution >= 4 is 28.8 Å². The minimum absolute atomic E-state index is 0.0113. The van der Waals surface area contributed by atoms with E-state index in [4.69, 9.17) is 17.0 Å². The van der Waals surface area contributed by atoms with E-state index in [9.17, 15) is 4.79 Å². The molecular formula is C14H18ClN3O. The molecule has 0 fully saturated rings. The summed E-state index contributed by atoms with van der Waals surface area (Å²) in [6.07, 6.45) is 0.159. The Morgan fingerprint density at radius 2 is 1.79 bits per heavy atom. The first-order chi connectivity index (χ1) is 8.90. The summed E-state index contributed by atoms with van der Waals surface area (Å²) in [5.41, 5.74) is 8.79. The Labute approximate surface area is 118 Å². The SMILES string of the molecule is CC(=O)CC(=N)C(C)=C(C)NNc1ccc(Cl)cc1. The highest BCUT2D eigenvalue weighted by molar-refractivity contribution is 6.30. The zero-order valence-electron chi connectivity index (χ0n) is 11.3. The van der Waals surface area contributed by atoms with Crippen LogP contribution in [-0.2, 0) is 4.79 Å². The molecule has 0 unspecified atom stereocenters. The molecule has 0 spiro atoms. The third kappa shape index (κ3) is 5.14. The molecule has 4 nitrogen and oxygen atoms in total. The Morgan fingerprint density at radius 3 is 2.32 bits per heavy atom. The van der Waals surface area contributed by atoms with Gasteiger partial charge < -0.3 is 16.3 Å². The van der Waals surface area contributed by atoms with Crippen molar-refractivity contribution < 1.29 is 4.79 Å². The first kappa shape index (κ1) is 15.2. The molecule has 0 saturated carbocycles. The molecule has 0 aliphatic carbocycles. The topological polar surface area (TPSA) is 65.0 Å². The van der Waals surface area contributed by atoms with Crippen LogP contribution in [0.5, 0.6) is 0 Å². The van der Waals surface area contributed by atoms with Gasteiger partial charge in [0.25, 0.3) is 0 Å².